The molecule has 4 aromatic rings. The molecule has 0 aliphatic carbocycles. The Bertz CT molecular complexity index is 1510. The van der Waals surface area contributed by atoms with E-state index >= 15 is 0 Å². The zero-order valence-electron chi connectivity index (χ0n) is 21.6. The van der Waals surface area contributed by atoms with Gasteiger partial charge in [0.25, 0.3) is 0 Å². The molecule has 1 aromatic heterocycles. The number of sulfonamides is 1. The maximum Gasteiger partial charge on any atom is 0.411 e. The van der Waals surface area contributed by atoms with Gasteiger partial charge in [0, 0.05) is 41.3 Å². The second-order valence-electron chi connectivity index (χ2n) is 9.61. The van der Waals surface area contributed by atoms with E-state index in [9.17, 15) is 13.2 Å². The van der Waals surface area contributed by atoms with Gasteiger partial charge in [-0.05, 0) is 68.8 Å². The Morgan fingerprint density at radius 1 is 0.974 bits per heavy atom. The molecular weight excluding hydrogens is 520 g/mol. The summed E-state index contributed by atoms with van der Waals surface area (Å²) in [6, 6.07) is 21.8. The number of rotatable bonds is 8. The van der Waals surface area contributed by atoms with Crippen molar-refractivity contribution in [2.24, 2.45) is 0 Å². The first-order chi connectivity index (χ1) is 18.0. The number of benzene rings is 3. The lowest BCUT2D eigenvalue weighted by Crippen LogP contribution is -2.40. The van der Waals surface area contributed by atoms with Crippen molar-refractivity contribution >= 4 is 38.8 Å². The molecule has 4 rings (SSSR count). The first-order valence-corrected chi connectivity index (χ1v) is 14.2. The zero-order valence-corrected chi connectivity index (χ0v) is 23.2. The second-order valence-corrected chi connectivity index (χ2v) is 12.3. The quantitative estimate of drug-likeness (QED) is 0.236. The Morgan fingerprint density at radius 3 is 2.32 bits per heavy atom. The van der Waals surface area contributed by atoms with Gasteiger partial charge in [-0.3, -0.25) is 5.32 Å². The molecule has 0 saturated heterocycles. The number of thiazole rings is 1. The largest absolute Gasteiger partial charge is 0.444 e. The van der Waals surface area contributed by atoms with Crippen LogP contribution in [0.15, 0.2) is 83.9 Å². The smallest absolute Gasteiger partial charge is 0.411 e. The van der Waals surface area contributed by atoms with Gasteiger partial charge in [0.2, 0.25) is 10.0 Å². The van der Waals surface area contributed by atoms with Crippen LogP contribution in [0.3, 0.4) is 0 Å². The number of amides is 1. The summed E-state index contributed by atoms with van der Waals surface area (Å²) >= 11 is 1.37. The van der Waals surface area contributed by atoms with E-state index in [0.717, 1.165) is 21.8 Å². The summed E-state index contributed by atoms with van der Waals surface area (Å²) in [6.07, 6.45) is 1.01. The Hall–Kier alpha value is -3.73. The van der Waals surface area contributed by atoms with Gasteiger partial charge in [-0.2, -0.15) is 0 Å². The number of ether oxygens (including phenoxy) is 1. The van der Waals surface area contributed by atoms with E-state index in [1.54, 1.807) is 39.1 Å². The molecule has 0 radical (unpaired) electrons. The normalized spacial score (nSPS) is 11.7. The lowest BCUT2D eigenvalue weighted by Gasteiger charge is -2.21. The van der Waals surface area contributed by atoms with Crippen molar-refractivity contribution < 1.29 is 17.9 Å². The highest BCUT2D eigenvalue weighted by molar-refractivity contribution is 7.89. The molecule has 8 nitrogen and oxygen atoms in total. The van der Waals surface area contributed by atoms with Crippen LogP contribution in [0.25, 0.3) is 21.0 Å². The number of hydrogen-bond acceptors (Lipinski definition) is 7. The summed E-state index contributed by atoms with van der Waals surface area (Å²) in [7, 11) is -2.03. The highest BCUT2D eigenvalue weighted by Gasteiger charge is 2.26. The van der Waals surface area contributed by atoms with Crippen LogP contribution >= 0.6 is 11.3 Å². The van der Waals surface area contributed by atoms with Crippen LogP contribution in [0.1, 0.15) is 26.3 Å². The van der Waals surface area contributed by atoms with Crippen molar-refractivity contribution in [1.82, 2.24) is 9.71 Å². The molecule has 0 saturated carbocycles. The number of aromatic nitrogens is 1. The first-order valence-electron chi connectivity index (χ1n) is 11.9. The Balaban J connectivity index is 1.65. The third kappa shape index (κ3) is 6.97. The number of nitrogens with zero attached hydrogens (tertiary/aromatic N) is 1. The number of carbonyl (C=O) groups excluding carboxylic acids is 1. The first kappa shape index (κ1) is 27.3. The van der Waals surface area contributed by atoms with Gasteiger partial charge in [-0.1, -0.05) is 30.3 Å². The maximum atomic E-state index is 13.3. The average molecular weight is 551 g/mol. The molecule has 198 valence electrons. The molecule has 3 aromatic carbocycles. The Kier molecular flexibility index (Phi) is 8.15. The van der Waals surface area contributed by atoms with Crippen molar-refractivity contribution in [3.63, 3.8) is 0 Å². The van der Waals surface area contributed by atoms with Crippen LogP contribution in [0, 0.1) is 0 Å². The molecule has 0 atom stereocenters. The number of hydrogen-bond donors (Lipinski definition) is 3. The van der Waals surface area contributed by atoms with E-state index in [1.807, 2.05) is 61.6 Å². The van der Waals surface area contributed by atoms with Crippen molar-refractivity contribution in [2.45, 2.75) is 37.8 Å². The third-order valence-corrected chi connectivity index (χ3v) is 8.26. The van der Waals surface area contributed by atoms with Gasteiger partial charge in [0.15, 0.2) is 0 Å². The fourth-order valence-corrected chi connectivity index (χ4v) is 6.32. The minimum atomic E-state index is -3.88. The highest BCUT2D eigenvalue weighted by Crippen LogP contribution is 2.37. The van der Waals surface area contributed by atoms with E-state index in [2.05, 4.69) is 20.3 Å². The van der Waals surface area contributed by atoms with Gasteiger partial charge in [-0.25, -0.2) is 22.9 Å². The third-order valence-electron chi connectivity index (χ3n) is 5.36. The lowest BCUT2D eigenvalue weighted by atomic mass is 10.1. The van der Waals surface area contributed by atoms with Gasteiger partial charge >= 0.3 is 6.09 Å². The fourth-order valence-electron chi connectivity index (χ4n) is 3.68. The van der Waals surface area contributed by atoms with Crippen LogP contribution in [0.4, 0.5) is 16.2 Å². The number of anilines is 2. The molecule has 0 aliphatic heterocycles. The number of nitrogens with one attached hydrogen (secondary N) is 3. The summed E-state index contributed by atoms with van der Waals surface area (Å²) in [5.74, 6) is 0. The standard InChI is InChI=1S/C28H30N4O4S2/c1-28(2,3)32-38(34,35)25-15-14-22(31-27(33)36-18-19-8-6-5-7-9-19)16-23(25)24-17-30-26(37-24)20-10-12-21(29-4)13-11-20/h5-17,29,32H,18H2,1-4H3,(H,31,33). The van der Waals surface area contributed by atoms with Crippen molar-refractivity contribution in [3.05, 3.63) is 84.6 Å². The summed E-state index contributed by atoms with van der Waals surface area (Å²) in [5, 5.41) is 6.53. The fraction of sp³-hybridized carbons (Fsp3) is 0.214. The van der Waals surface area contributed by atoms with Crippen LogP contribution < -0.4 is 15.4 Å². The van der Waals surface area contributed by atoms with E-state index in [4.69, 9.17) is 4.74 Å². The van der Waals surface area contributed by atoms with Gasteiger partial charge in [0.05, 0.1) is 9.77 Å². The van der Waals surface area contributed by atoms with Crippen LogP contribution in [0.2, 0.25) is 0 Å². The van der Waals surface area contributed by atoms with Crippen molar-refractivity contribution in [1.29, 1.82) is 0 Å². The van der Waals surface area contributed by atoms with Crippen LogP contribution in [-0.4, -0.2) is 32.1 Å². The summed E-state index contributed by atoms with van der Waals surface area (Å²) in [5.41, 5.74) is 2.90. The Morgan fingerprint density at radius 2 is 1.66 bits per heavy atom. The monoisotopic (exact) mass is 550 g/mol. The SMILES string of the molecule is CNc1ccc(-c2ncc(-c3cc(NC(=O)OCc4ccccc4)ccc3S(=O)(=O)NC(C)(C)C)s2)cc1. The lowest BCUT2D eigenvalue weighted by molar-refractivity contribution is 0.155. The molecule has 0 bridgehead atoms. The summed E-state index contributed by atoms with van der Waals surface area (Å²) < 4.78 is 34.7. The number of carbonyl (C=O) groups is 1. The van der Waals surface area contributed by atoms with Crippen LogP contribution in [-0.2, 0) is 21.4 Å². The van der Waals surface area contributed by atoms with Gasteiger partial charge in [-0.15, -0.1) is 11.3 Å². The molecule has 10 heteroatoms. The van der Waals surface area contributed by atoms with E-state index in [1.165, 1.54) is 17.4 Å². The molecule has 0 aliphatic rings. The van der Waals surface area contributed by atoms with Crippen molar-refractivity contribution in [2.75, 3.05) is 17.7 Å². The van der Waals surface area contributed by atoms with E-state index in [-0.39, 0.29) is 11.5 Å². The predicted molar refractivity (Wildman–Crippen MR) is 153 cm³/mol. The highest BCUT2D eigenvalue weighted by atomic mass is 32.2. The molecule has 0 unspecified atom stereocenters. The zero-order chi connectivity index (χ0) is 27.3. The summed E-state index contributed by atoms with van der Waals surface area (Å²) in [6.45, 7) is 5.46. The summed E-state index contributed by atoms with van der Waals surface area (Å²) in [4.78, 5) is 17.7. The van der Waals surface area contributed by atoms with E-state index in [0.29, 0.717) is 16.1 Å². The average Bonchev–Trinajstić information content (AvgIpc) is 3.37. The Labute approximate surface area is 227 Å². The molecule has 38 heavy (non-hydrogen) atoms. The minimum absolute atomic E-state index is 0.0939. The topological polar surface area (TPSA) is 109 Å². The van der Waals surface area contributed by atoms with Crippen molar-refractivity contribution in [3.8, 4) is 21.0 Å². The maximum absolute atomic E-state index is 13.3. The molecule has 0 spiro atoms. The van der Waals surface area contributed by atoms with E-state index < -0.39 is 21.7 Å². The predicted octanol–water partition coefficient (Wildman–Crippen LogP) is 6.34. The molecule has 1 amide bonds. The molecule has 1 heterocycles. The molecule has 0 fully saturated rings. The second kappa shape index (κ2) is 11.3. The van der Waals surface area contributed by atoms with Gasteiger partial charge < -0.3 is 10.1 Å². The molecule has 3 N–H and O–H groups in total. The minimum Gasteiger partial charge on any atom is -0.444 e. The molecular formula is C28H30N4O4S2. The van der Waals surface area contributed by atoms with Crippen LogP contribution in [0.5, 0.6) is 0 Å². The van der Waals surface area contributed by atoms with Gasteiger partial charge in [0.1, 0.15) is 11.6 Å².